The minimum Gasteiger partial charge on any atom is -0.379 e. The molecule has 3 heteroatoms. The highest BCUT2D eigenvalue weighted by molar-refractivity contribution is 4.83. The van der Waals surface area contributed by atoms with Gasteiger partial charge in [-0.2, -0.15) is 0 Å². The van der Waals surface area contributed by atoms with Gasteiger partial charge in [0.15, 0.2) is 0 Å². The molecule has 2 fully saturated rings. The maximum absolute atomic E-state index is 5.32. The Morgan fingerprint density at radius 2 is 2.07 bits per heavy atom. The van der Waals surface area contributed by atoms with E-state index in [9.17, 15) is 0 Å². The molecule has 1 N–H and O–H groups in total. The zero-order chi connectivity index (χ0) is 10.5. The van der Waals surface area contributed by atoms with Crippen LogP contribution in [0.4, 0.5) is 0 Å². The van der Waals surface area contributed by atoms with Crippen LogP contribution in [0.2, 0.25) is 0 Å². The van der Waals surface area contributed by atoms with E-state index in [4.69, 9.17) is 4.74 Å². The Bertz CT molecular complexity index is 180. The van der Waals surface area contributed by atoms with Crippen molar-refractivity contribution in [2.24, 2.45) is 11.8 Å². The summed E-state index contributed by atoms with van der Waals surface area (Å²) >= 11 is 0. The van der Waals surface area contributed by atoms with Crippen LogP contribution < -0.4 is 5.32 Å². The molecule has 88 valence electrons. The molecule has 2 unspecified atom stereocenters. The molecular weight excluding hydrogens is 188 g/mol. The van der Waals surface area contributed by atoms with Crippen LogP contribution in [0, 0.1) is 11.8 Å². The lowest BCUT2D eigenvalue weighted by atomic mass is 10.3. The van der Waals surface area contributed by atoms with Crippen LogP contribution in [0.1, 0.15) is 19.8 Å². The third kappa shape index (κ3) is 4.09. The molecule has 15 heavy (non-hydrogen) atoms. The largest absolute Gasteiger partial charge is 0.379 e. The molecule has 1 heterocycles. The Balaban J connectivity index is 1.41. The van der Waals surface area contributed by atoms with Gasteiger partial charge in [0.1, 0.15) is 0 Å². The van der Waals surface area contributed by atoms with Crippen LogP contribution in [-0.4, -0.2) is 50.8 Å². The third-order valence-electron chi connectivity index (χ3n) is 3.61. The minimum absolute atomic E-state index is 0.924. The van der Waals surface area contributed by atoms with Crippen molar-refractivity contribution in [1.82, 2.24) is 10.2 Å². The van der Waals surface area contributed by atoms with Crippen molar-refractivity contribution in [1.29, 1.82) is 0 Å². The molecule has 0 bridgehead atoms. The Hall–Kier alpha value is -0.120. The first kappa shape index (κ1) is 11.4. The van der Waals surface area contributed by atoms with Gasteiger partial charge in [-0.15, -0.1) is 0 Å². The number of ether oxygens (including phenoxy) is 1. The van der Waals surface area contributed by atoms with E-state index in [1.165, 1.54) is 32.5 Å². The van der Waals surface area contributed by atoms with E-state index >= 15 is 0 Å². The van der Waals surface area contributed by atoms with Crippen LogP contribution in [0.25, 0.3) is 0 Å². The van der Waals surface area contributed by atoms with E-state index in [0.29, 0.717) is 0 Å². The molecule has 0 spiro atoms. The van der Waals surface area contributed by atoms with Crippen LogP contribution in [-0.2, 0) is 4.74 Å². The molecule has 1 saturated heterocycles. The molecule has 2 aliphatic rings. The van der Waals surface area contributed by atoms with Crippen LogP contribution >= 0.6 is 0 Å². The van der Waals surface area contributed by atoms with Gasteiger partial charge < -0.3 is 10.1 Å². The lowest BCUT2D eigenvalue weighted by Gasteiger charge is -2.26. The number of rotatable bonds is 6. The molecule has 3 nitrogen and oxygen atoms in total. The smallest absolute Gasteiger partial charge is 0.0594 e. The van der Waals surface area contributed by atoms with Gasteiger partial charge >= 0.3 is 0 Å². The Kier molecular flexibility index (Phi) is 4.42. The third-order valence-corrected chi connectivity index (χ3v) is 3.61. The molecule has 0 aromatic carbocycles. The van der Waals surface area contributed by atoms with Crippen molar-refractivity contribution in [3.05, 3.63) is 0 Å². The number of nitrogens with one attached hydrogen (secondary N) is 1. The predicted octanol–water partition coefficient (Wildman–Crippen LogP) is 0.954. The molecule has 0 radical (unpaired) electrons. The Morgan fingerprint density at radius 1 is 1.33 bits per heavy atom. The zero-order valence-corrected chi connectivity index (χ0v) is 9.87. The molecular formula is C12H24N2O. The summed E-state index contributed by atoms with van der Waals surface area (Å²) in [5.74, 6) is 1.96. The summed E-state index contributed by atoms with van der Waals surface area (Å²) < 4.78 is 5.32. The lowest BCUT2D eigenvalue weighted by molar-refractivity contribution is 0.0374. The summed E-state index contributed by atoms with van der Waals surface area (Å²) in [7, 11) is 0. The van der Waals surface area contributed by atoms with Crippen molar-refractivity contribution in [3.8, 4) is 0 Å². The molecule has 0 aromatic heterocycles. The van der Waals surface area contributed by atoms with E-state index in [2.05, 4.69) is 17.1 Å². The van der Waals surface area contributed by atoms with E-state index in [0.717, 1.165) is 38.1 Å². The molecule has 1 aliphatic heterocycles. The number of nitrogens with zero attached hydrogens (tertiary/aromatic N) is 1. The molecule has 0 aromatic rings. The van der Waals surface area contributed by atoms with Crippen molar-refractivity contribution in [2.75, 3.05) is 45.9 Å². The number of morpholine rings is 1. The lowest BCUT2D eigenvalue weighted by Crippen LogP contribution is -2.37. The molecule has 0 amide bonds. The fourth-order valence-corrected chi connectivity index (χ4v) is 2.22. The SMILES string of the molecule is CC1CC1CNCCCN1CCOCC1. The highest BCUT2D eigenvalue weighted by Crippen LogP contribution is 2.36. The fraction of sp³-hybridized carbons (Fsp3) is 1.00. The first-order valence-corrected chi connectivity index (χ1v) is 6.37. The maximum Gasteiger partial charge on any atom is 0.0594 e. The van der Waals surface area contributed by atoms with Gasteiger partial charge in [0.2, 0.25) is 0 Å². The Morgan fingerprint density at radius 3 is 2.73 bits per heavy atom. The number of hydrogen-bond acceptors (Lipinski definition) is 3. The topological polar surface area (TPSA) is 24.5 Å². The van der Waals surface area contributed by atoms with Gasteiger partial charge in [-0.25, -0.2) is 0 Å². The van der Waals surface area contributed by atoms with Crippen LogP contribution in [0.3, 0.4) is 0 Å². The summed E-state index contributed by atoms with van der Waals surface area (Å²) in [4.78, 5) is 2.50. The summed E-state index contributed by atoms with van der Waals surface area (Å²) in [6.45, 7) is 10.1. The molecule has 2 rings (SSSR count). The normalized spacial score (nSPS) is 31.8. The van der Waals surface area contributed by atoms with Crippen molar-refractivity contribution >= 4 is 0 Å². The van der Waals surface area contributed by atoms with Gasteiger partial charge in [-0.3, -0.25) is 4.90 Å². The standard InChI is InChI=1S/C12H24N2O/c1-11-9-12(11)10-13-3-2-4-14-5-7-15-8-6-14/h11-13H,2-10H2,1H3. The first-order chi connectivity index (χ1) is 7.36. The van der Waals surface area contributed by atoms with Gasteiger partial charge in [-0.1, -0.05) is 6.92 Å². The van der Waals surface area contributed by atoms with E-state index < -0.39 is 0 Å². The monoisotopic (exact) mass is 212 g/mol. The summed E-state index contributed by atoms with van der Waals surface area (Å²) in [5, 5.41) is 3.56. The first-order valence-electron chi connectivity index (χ1n) is 6.37. The second kappa shape index (κ2) is 5.83. The van der Waals surface area contributed by atoms with Crippen LogP contribution in [0.5, 0.6) is 0 Å². The van der Waals surface area contributed by atoms with Crippen molar-refractivity contribution in [2.45, 2.75) is 19.8 Å². The Labute approximate surface area is 93.2 Å². The van der Waals surface area contributed by atoms with Crippen LogP contribution in [0.15, 0.2) is 0 Å². The highest BCUT2D eigenvalue weighted by Gasteiger charge is 2.31. The van der Waals surface area contributed by atoms with Gasteiger partial charge in [0.25, 0.3) is 0 Å². The molecule has 1 saturated carbocycles. The van der Waals surface area contributed by atoms with E-state index in [1.807, 2.05) is 0 Å². The molecule has 2 atom stereocenters. The second-order valence-corrected chi connectivity index (χ2v) is 4.98. The predicted molar refractivity (Wildman–Crippen MR) is 62.0 cm³/mol. The minimum atomic E-state index is 0.924. The van der Waals surface area contributed by atoms with Crippen molar-refractivity contribution < 1.29 is 4.74 Å². The molecule has 1 aliphatic carbocycles. The summed E-state index contributed by atoms with van der Waals surface area (Å²) in [6.07, 6.45) is 2.72. The zero-order valence-electron chi connectivity index (χ0n) is 9.87. The van der Waals surface area contributed by atoms with Gasteiger partial charge in [0.05, 0.1) is 13.2 Å². The quantitative estimate of drug-likeness (QED) is 0.664. The van der Waals surface area contributed by atoms with E-state index in [-0.39, 0.29) is 0 Å². The fourth-order valence-electron chi connectivity index (χ4n) is 2.22. The van der Waals surface area contributed by atoms with Gasteiger partial charge in [-0.05, 0) is 44.3 Å². The van der Waals surface area contributed by atoms with Gasteiger partial charge in [0, 0.05) is 13.1 Å². The summed E-state index contributed by atoms with van der Waals surface area (Å²) in [6, 6.07) is 0. The van der Waals surface area contributed by atoms with E-state index in [1.54, 1.807) is 0 Å². The highest BCUT2D eigenvalue weighted by atomic mass is 16.5. The maximum atomic E-state index is 5.32. The second-order valence-electron chi connectivity index (χ2n) is 4.98. The number of hydrogen-bond donors (Lipinski definition) is 1. The summed E-state index contributed by atoms with van der Waals surface area (Å²) in [5.41, 5.74) is 0. The average molecular weight is 212 g/mol. The average Bonchev–Trinajstić information content (AvgIpc) is 2.96. The van der Waals surface area contributed by atoms with Crippen molar-refractivity contribution in [3.63, 3.8) is 0 Å².